The van der Waals surface area contributed by atoms with E-state index >= 15 is 0 Å². The maximum atomic E-state index is 11.0. The average molecular weight is 538 g/mol. The Kier molecular flexibility index (Phi) is 7.17. The topological polar surface area (TPSA) is 74.6 Å². The highest BCUT2D eigenvalue weighted by molar-refractivity contribution is 9.12. The van der Waals surface area contributed by atoms with E-state index in [4.69, 9.17) is 10.2 Å². The van der Waals surface area contributed by atoms with Gasteiger partial charge < -0.3 is 10.2 Å². The number of hydrogen-bond donors (Lipinski definition) is 2. The summed E-state index contributed by atoms with van der Waals surface area (Å²) >= 11 is 12.9. The Labute approximate surface area is 149 Å². The van der Waals surface area contributed by atoms with Crippen molar-refractivity contribution in [3.8, 4) is 0 Å². The van der Waals surface area contributed by atoms with Gasteiger partial charge in [0.2, 0.25) is 0 Å². The first-order valence-corrected chi connectivity index (χ1v) is 9.03. The first-order chi connectivity index (χ1) is 9.25. The third kappa shape index (κ3) is 4.54. The van der Waals surface area contributed by atoms with Crippen molar-refractivity contribution in [3.05, 3.63) is 35.4 Å². The lowest BCUT2D eigenvalue weighted by molar-refractivity contribution is -0.137. The Morgan fingerprint density at radius 2 is 1.20 bits per heavy atom. The summed E-state index contributed by atoms with van der Waals surface area (Å²) in [5, 5.41) is 18.0. The van der Waals surface area contributed by atoms with Gasteiger partial charge in [-0.05, 0) is 11.1 Å². The Morgan fingerprint density at radius 3 is 1.50 bits per heavy atom. The highest BCUT2D eigenvalue weighted by atomic mass is 79.9. The molecule has 0 unspecified atom stereocenters. The van der Waals surface area contributed by atoms with Crippen molar-refractivity contribution in [1.29, 1.82) is 0 Å². The summed E-state index contributed by atoms with van der Waals surface area (Å²) in [7, 11) is 0. The fourth-order valence-corrected chi connectivity index (χ4v) is 3.12. The monoisotopic (exact) mass is 534 g/mol. The largest absolute Gasteiger partial charge is 0.480 e. The van der Waals surface area contributed by atoms with E-state index in [1.165, 1.54) is 0 Å². The van der Waals surface area contributed by atoms with Gasteiger partial charge in [0, 0.05) is 0 Å². The van der Waals surface area contributed by atoms with Crippen LogP contribution < -0.4 is 0 Å². The molecule has 0 aromatic heterocycles. The molecular weight excluding hydrogens is 528 g/mol. The van der Waals surface area contributed by atoms with E-state index in [1.54, 1.807) is 24.3 Å². The lowest BCUT2D eigenvalue weighted by Crippen LogP contribution is -2.19. The molecule has 4 atom stereocenters. The van der Waals surface area contributed by atoms with Crippen molar-refractivity contribution < 1.29 is 19.8 Å². The zero-order valence-corrected chi connectivity index (χ0v) is 16.2. The second kappa shape index (κ2) is 7.91. The van der Waals surface area contributed by atoms with Crippen LogP contribution in [0.2, 0.25) is 0 Å². The Bertz CT molecular complexity index is 467. The Balaban J connectivity index is 3.01. The van der Waals surface area contributed by atoms with Gasteiger partial charge in [-0.1, -0.05) is 88.0 Å². The first kappa shape index (κ1) is 18.1. The lowest BCUT2D eigenvalue weighted by atomic mass is 10.0. The van der Waals surface area contributed by atoms with Crippen LogP contribution in [0.4, 0.5) is 0 Å². The number of rotatable bonds is 6. The van der Waals surface area contributed by atoms with Crippen LogP contribution in [0.5, 0.6) is 0 Å². The number of carbonyl (C=O) groups is 2. The van der Waals surface area contributed by atoms with Crippen molar-refractivity contribution in [2.24, 2.45) is 0 Å². The number of carboxylic acid groups (broad SMARTS) is 2. The minimum atomic E-state index is -0.975. The van der Waals surface area contributed by atoms with Gasteiger partial charge in [0.15, 0.2) is 0 Å². The molecule has 20 heavy (non-hydrogen) atoms. The Morgan fingerprint density at radius 1 is 0.850 bits per heavy atom. The van der Waals surface area contributed by atoms with Crippen molar-refractivity contribution >= 4 is 75.7 Å². The van der Waals surface area contributed by atoms with E-state index in [0.717, 1.165) is 11.1 Å². The summed E-state index contributed by atoms with van der Waals surface area (Å²) in [4.78, 5) is 19.5. The molecule has 0 heterocycles. The van der Waals surface area contributed by atoms with Crippen LogP contribution in [0.3, 0.4) is 0 Å². The molecule has 0 amide bonds. The molecule has 0 fully saturated rings. The van der Waals surface area contributed by atoms with E-state index in [9.17, 15) is 9.59 Å². The molecule has 4 nitrogen and oxygen atoms in total. The van der Waals surface area contributed by atoms with Crippen LogP contribution in [0.15, 0.2) is 24.3 Å². The van der Waals surface area contributed by atoms with Gasteiger partial charge in [-0.3, -0.25) is 9.59 Å². The van der Waals surface area contributed by atoms with E-state index in [2.05, 4.69) is 63.7 Å². The molecule has 8 heteroatoms. The average Bonchev–Trinajstić information content (AvgIpc) is 2.43. The smallest absolute Gasteiger partial charge is 0.318 e. The molecule has 1 aromatic carbocycles. The molecule has 0 spiro atoms. The second-order valence-electron chi connectivity index (χ2n) is 3.95. The molecule has 1 aromatic rings. The molecule has 1 rings (SSSR count). The van der Waals surface area contributed by atoms with Gasteiger partial charge in [-0.25, -0.2) is 0 Å². The molecule has 0 aliphatic carbocycles. The number of alkyl halides is 4. The zero-order valence-electron chi connectivity index (χ0n) is 9.84. The van der Waals surface area contributed by atoms with Gasteiger partial charge in [-0.2, -0.15) is 0 Å². The van der Waals surface area contributed by atoms with Gasteiger partial charge in [0.25, 0.3) is 0 Å². The highest BCUT2D eigenvalue weighted by Gasteiger charge is 2.27. The van der Waals surface area contributed by atoms with Gasteiger partial charge in [-0.15, -0.1) is 0 Å². The highest BCUT2D eigenvalue weighted by Crippen LogP contribution is 2.36. The molecule has 110 valence electrons. The molecule has 0 bridgehead atoms. The predicted octanol–water partition coefficient (Wildman–Crippen LogP) is 4.25. The predicted molar refractivity (Wildman–Crippen MR) is 90.5 cm³/mol. The maximum absolute atomic E-state index is 11.0. The number of halogens is 4. The second-order valence-corrected chi connectivity index (χ2v) is 7.90. The summed E-state index contributed by atoms with van der Waals surface area (Å²) < 4.78 is 0. The summed E-state index contributed by atoms with van der Waals surface area (Å²) in [6, 6.07) is 7.09. The fourth-order valence-electron chi connectivity index (χ4n) is 1.49. The van der Waals surface area contributed by atoms with E-state index < -0.39 is 31.2 Å². The number of benzene rings is 1. The van der Waals surface area contributed by atoms with E-state index in [0.29, 0.717) is 0 Å². The van der Waals surface area contributed by atoms with Crippen molar-refractivity contribution in [3.63, 3.8) is 0 Å². The molecular formula is C12H10Br4O4. The van der Waals surface area contributed by atoms with Gasteiger partial charge >= 0.3 is 11.9 Å². The van der Waals surface area contributed by atoms with Gasteiger partial charge in [0.05, 0.1) is 9.65 Å². The summed E-state index contributed by atoms with van der Waals surface area (Å²) in [5.41, 5.74) is 1.50. The van der Waals surface area contributed by atoms with E-state index in [-0.39, 0.29) is 0 Å². The zero-order chi connectivity index (χ0) is 15.4. The van der Waals surface area contributed by atoms with Crippen LogP contribution in [-0.2, 0) is 9.59 Å². The van der Waals surface area contributed by atoms with Crippen LogP contribution >= 0.6 is 63.7 Å². The van der Waals surface area contributed by atoms with Crippen LogP contribution in [0.1, 0.15) is 20.8 Å². The maximum Gasteiger partial charge on any atom is 0.318 e. The quantitative estimate of drug-likeness (QED) is 0.532. The van der Waals surface area contributed by atoms with Crippen LogP contribution in [0.25, 0.3) is 0 Å². The number of aliphatic carboxylic acids is 2. The van der Waals surface area contributed by atoms with Crippen molar-refractivity contribution in [1.82, 2.24) is 0 Å². The first-order valence-electron chi connectivity index (χ1n) is 5.37. The van der Waals surface area contributed by atoms with E-state index in [1.807, 2.05) is 0 Å². The minimum Gasteiger partial charge on any atom is -0.480 e. The third-order valence-corrected chi connectivity index (χ3v) is 7.91. The molecule has 0 radical (unpaired) electrons. The van der Waals surface area contributed by atoms with Crippen LogP contribution in [-0.4, -0.2) is 31.8 Å². The SMILES string of the molecule is O=C(O)[C@@H](Br)[C@H](Br)c1cccc([C@@H](Br)[C@@H](Br)C(=O)O)c1. The number of carboxylic acids is 2. The molecule has 2 N–H and O–H groups in total. The van der Waals surface area contributed by atoms with Gasteiger partial charge in [0.1, 0.15) is 9.65 Å². The fraction of sp³-hybridized carbons (Fsp3) is 0.333. The summed E-state index contributed by atoms with van der Waals surface area (Å²) in [6.45, 7) is 0. The molecule has 0 saturated heterocycles. The van der Waals surface area contributed by atoms with Crippen LogP contribution in [0, 0.1) is 0 Å². The minimum absolute atomic E-state index is 0.418. The van der Waals surface area contributed by atoms with Crippen molar-refractivity contribution in [2.45, 2.75) is 19.3 Å². The summed E-state index contributed by atoms with van der Waals surface area (Å²) in [5.74, 6) is -1.95. The third-order valence-electron chi connectivity index (χ3n) is 2.53. The summed E-state index contributed by atoms with van der Waals surface area (Å²) in [6.07, 6.45) is 0. The normalized spacial score (nSPS) is 17.0. The molecule has 0 aliphatic heterocycles. The lowest BCUT2D eigenvalue weighted by Gasteiger charge is -2.17. The van der Waals surface area contributed by atoms with Crippen molar-refractivity contribution in [2.75, 3.05) is 0 Å². The molecule has 0 saturated carbocycles. The Hall–Kier alpha value is 0.0800. The standard InChI is InChI=1S/C12H10Br4O4/c13-7(9(15)11(17)18)5-2-1-3-6(4-5)8(14)10(16)12(19)20/h1-4,7-10H,(H,17,18)(H,19,20)/t7-,8-,9-,10+/m1/s1. The molecule has 0 aliphatic rings. The number of hydrogen-bond acceptors (Lipinski definition) is 2.